The van der Waals surface area contributed by atoms with Crippen molar-refractivity contribution in [2.45, 2.75) is 65.0 Å². The lowest BCUT2D eigenvalue weighted by molar-refractivity contribution is -0.141. The Morgan fingerprint density at radius 3 is 2.07 bits per heavy atom. The fourth-order valence-electron chi connectivity index (χ4n) is 3.44. The smallest absolute Gasteiger partial charge is 0.242 e. The summed E-state index contributed by atoms with van der Waals surface area (Å²) in [7, 11) is 1.57. The number of nitrogens with zero attached hydrogens (tertiary/aromatic N) is 1. The van der Waals surface area contributed by atoms with Crippen LogP contribution in [-0.2, 0) is 28.0 Å². The summed E-state index contributed by atoms with van der Waals surface area (Å²) >= 11 is 0. The lowest BCUT2D eigenvalue weighted by atomic mass is 9.86. The Labute approximate surface area is 179 Å². The number of rotatable bonds is 8. The van der Waals surface area contributed by atoms with Gasteiger partial charge >= 0.3 is 0 Å². The van der Waals surface area contributed by atoms with Crippen LogP contribution in [0.15, 0.2) is 48.5 Å². The first-order valence-corrected chi connectivity index (χ1v) is 10.5. The molecule has 0 aliphatic carbocycles. The van der Waals surface area contributed by atoms with Crippen LogP contribution in [0.3, 0.4) is 0 Å². The van der Waals surface area contributed by atoms with Crippen LogP contribution >= 0.6 is 0 Å². The van der Waals surface area contributed by atoms with E-state index in [2.05, 4.69) is 50.4 Å². The summed E-state index contributed by atoms with van der Waals surface area (Å²) in [5.41, 5.74) is 3.22. The zero-order valence-electron chi connectivity index (χ0n) is 18.7. The van der Waals surface area contributed by atoms with Gasteiger partial charge in [-0.25, -0.2) is 4.39 Å². The highest BCUT2D eigenvalue weighted by molar-refractivity contribution is 5.87. The highest BCUT2D eigenvalue weighted by Gasteiger charge is 2.27. The van der Waals surface area contributed by atoms with Gasteiger partial charge in [0.15, 0.2) is 0 Å². The average Bonchev–Trinajstić information content (AvgIpc) is 2.72. The molecule has 0 heterocycles. The standard InChI is InChI=1S/C25H33FN2O2/c1-6-22(24(30)27-5)28(17-19-9-14-21(26)15-10-19)23(29)16-11-18-7-12-20(13-8-18)25(2,3)4/h7-10,12-15,22H,6,11,16-17H2,1-5H3,(H,27,30)/t22-/m0/s1. The molecule has 2 aromatic carbocycles. The van der Waals surface area contributed by atoms with Gasteiger partial charge in [0.25, 0.3) is 0 Å². The maximum absolute atomic E-state index is 13.3. The quantitative estimate of drug-likeness (QED) is 0.688. The number of hydrogen-bond acceptors (Lipinski definition) is 2. The van der Waals surface area contributed by atoms with E-state index in [-0.39, 0.29) is 29.6 Å². The minimum Gasteiger partial charge on any atom is -0.357 e. The van der Waals surface area contributed by atoms with E-state index in [1.54, 1.807) is 24.1 Å². The second kappa shape index (κ2) is 10.4. The van der Waals surface area contributed by atoms with E-state index in [4.69, 9.17) is 0 Å². The monoisotopic (exact) mass is 412 g/mol. The molecule has 0 aromatic heterocycles. The zero-order chi connectivity index (χ0) is 22.3. The predicted octanol–water partition coefficient (Wildman–Crippen LogP) is 4.61. The van der Waals surface area contributed by atoms with Crippen molar-refractivity contribution in [3.63, 3.8) is 0 Å². The van der Waals surface area contributed by atoms with Gasteiger partial charge in [0.05, 0.1) is 0 Å². The van der Waals surface area contributed by atoms with Gasteiger partial charge in [-0.05, 0) is 47.1 Å². The van der Waals surface area contributed by atoms with Gasteiger partial charge in [0.1, 0.15) is 11.9 Å². The van der Waals surface area contributed by atoms with Gasteiger partial charge in [-0.2, -0.15) is 0 Å². The van der Waals surface area contributed by atoms with Crippen molar-refractivity contribution in [1.82, 2.24) is 10.2 Å². The van der Waals surface area contributed by atoms with Crippen LogP contribution in [0.1, 0.15) is 57.2 Å². The zero-order valence-corrected chi connectivity index (χ0v) is 18.7. The third kappa shape index (κ3) is 6.41. The number of hydrogen-bond donors (Lipinski definition) is 1. The fourth-order valence-corrected chi connectivity index (χ4v) is 3.44. The Morgan fingerprint density at radius 1 is 1.00 bits per heavy atom. The van der Waals surface area contributed by atoms with Gasteiger partial charge in [-0.1, -0.05) is 64.1 Å². The number of carbonyl (C=O) groups excluding carboxylic acids is 2. The van der Waals surface area contributed by atoms with Gasteiger partial charge in [0, 0.05) is 20.0 Å². The Bertz CT molecular complexity index is 839. The summed E-state index contributed by atoms with van der Waals surface area (Å²) in [6, 6.07) is 13.8. The lowest BCUT2D eigenvalue weighted by Gasteiger charge is -2.30. The largest absolute Gasteiger partial charge is 0.357 e. The molecule has 1 atom stereocenters. The molecule has 5 heteroatoms. The Hall–Kier alpha value is -2.69. The van der Waals surface area contributed by atoms with Crippen LogP contribution in [0.2, 0.25) is 0 Å². The molecule has 2 aromatic rings. The molecular weight excluding hydrogens is 379 g/mol. The summed E-state index contributed by atoms with van der Waals surface area (Å²) < 4.78 is 13.3. The molecule has 162 valence electrons. The van der Waals surface area contributed by atoms with Crippen molar-refractivity contribution in [2.75, 3.05) is 7.05 Å². The molecule has 30 heavy (non-hydrogen) atoms. The van der Waals surface area contributed by atoms with Gasteiger partial charge in [-0.3, -0.25) is 9.59 Å². The molecule has 0 saturated heterocycles. The molecule has 0 spiro atoms. The molecule has 1 N–H and O–H groups in total. The number of likely N-dealkylation sites (N-methyl/N-ethyl adjacent to an activating group) is 1. The highest BCUT2D eigenvalue weighted by Crippen LogP contribution is 2.23. The van der Waals surface area contributed by atoms with Crippen molar-refractivity contribution in [3.8, 4) is 0 Å². The third-order valence-electron chi connectivity index (χ3n) is 5.35. The lowest BCUT2D eigenvalue weighted by Crippen LogP contribution is -2.48. The van der Waals surface area contributed by atoms with E-state index < -0.39 is 6.04 Å². The van der Waals surface area contributed by atoms with Crippen LogP contribution in [0.25, 0.3) is 0 Å². The van der Waals surface area contributed by atoms with E-state index in [1.165, 1.54) is 17.7 Å². The van der Waals surface area contributed by atoms with Crippen molar-refractivity contribution in [2.24, 2.45) is 0 Å². The number of nitrogens with one attached hydrogen (secondary N) is 1. The maximum Gasteiger partial charge on any atom is 0.242 e. The summed E-state index contributed by atoms with van der Waals surface area (Å²) in [6.07, 6.45) is 1.42. The molecule has 0 unspecified atom stereocenters. The van der Waals surface area contributed by atoms with Gasteiger partial charge in [-0.15, -0.1) is 0 Å². The number of amides is 2. The Kier molecular flexibility index (Phi) is 8.16. The number of carbonyl (C=O) groups is 2. The molecule has 0 saturated carbocycles. The second-order valence-corrected chi connectivity index (χ2v) is 8.63. The van der Waals surface area contributed by atoms with E-state index in [0.717, 1.165) is 11.1 Å². The van der Waals surface area contributed by atoms with Crippen LogP contribution in [0.5, 0.6) is 0 Å². The minimum absolute atomic E-state index is 0.0855. The normalized spacial score (nSPS) is 12.3. The molecule has 0 bridgehead atoms. The number of aryl methyl sites for hydroxylation is 1. The third-order valence-corrected chi connectivity index (χ3v) is 5.35. The van der Waals surface area contributed by atoms with E-state index >= 15 is 0 Å². The molecule has 0 radical (unpaired) electrons. The number of halogens is 1. The summed E-state index contributed by atoms with van der Waals surface area (Å²) in [5.74, 6) is -0.606. The van der Waals surface area contributed by atoms with Crippen LogP contribution in [0, 0.1) is 5.82 Å². The van der Waals surface area contributed by atoms with E-state index in [9.17, 15) is 14.0 Å². The van der Waals surface area contributed by atoms with E-state index in [1.807, 2.05) is 6.92 Å². The number of benzene rings is 2. The average molecular weight is 413 g/mol. The van der Waals surface area contributed by atoms with Crippen molar-refractivity contribution in [3.05, 3.63) is 71.0 Å². The maximum atomic E-state index is 13.3. The van der Waals surface area contributed by atoms with E-state index in [0.29, 0.717) is 19.3 Å². The van der Waals surface area contributed by atoms with Crippen molar-refractivity contribution in [1.29, 1.82) is 0 Å². The summed E-state index contributed by atoms with van der Waals surface area (Å²) in [4.78, 5) is 27.1. The predicted molar refractivity (Wildman–Crippen MR) is 119 cm³/mol. The second-order valence-electron chi connectivity index (χ2n) is 8.63. The van der Waals surface area contributed by atoms with Crippen LogP contribution < -0.4 is 5.32 Å². The van der Waals surface area contributed by atoms with Gasteiger partial charge in [0.2, 0.25) is 11.8 Å². The molecule has 2 amide bonds. The molecule has 0 fully saturated rings. The van der Waals surface area contributed by atoms with Gasteiger partial charge < -0.3 is 10.2 Å². The molecule has 4 nitrogen and oxygen atoms in total. The van der Waals surface area contributed by atoms with Crippen LogP contribution in [-0.4, -0.2) is 29.8 Å². The SMILES string of the molecule is CC[C@@H](C(=O)NC)N(Cc1ccc(F)cc1)C(=O)CCc1ccc(C(C)(C)C)cc1. The molecular formula is C25H33FN2O2. The first-order valence-electron chi connectivity index (χ1n) is 10.5. The van der Waals surface area contributed by atoms with Crippen molar-refractivity contribution < 1.29 is 14.0 Å². The molecule has 0 aliphatic rings. The fraction of sp³-hybridized carbons (Fsp3) is 0.440. The Balaban J connectivity index is 2.14. The summed E-state index contributed by atoms with van der Waals surface area (Å²) in [6.45, 7) is 8.66. The van der Waals surface area contributed by atoms with Crippen molar-refractivity contribution >= 4 is 11.8 Å². The van der Waals surface area contributed by atoms with Crippen LogP contribution in [0.4, 0.5) is 4.39 Å². The minimum atomic E-state index is -0.559. The summed E-state index contributed by atoms with van der Waals surface area (Å²) in [5, 5.41) is 2.65. The molecule has 0 aliphatic heterocycles. The Morgan fingerprint density at radius 2 is 1.57 bits per heavy atom. The first-order chi connectivity index (χ1) is 14.2. The topological polar surface area (TPSA) is 49.4 Å². The highest BCUT2D eigenvalue weighted by atomic mass is 19.1. The molecule has 2 rings (SSSR count). The first kappa shape index (κ1) is 23.6.